The Hall–Kier alpha value is -3.32. The van der Waals surface area contributed by atoms with Crippen LogP contribution in [0.1, 0.15) is 11.1 Å². The summed E-state index contributed by atoms with van der Waals surface area (Å²) in [5, 5.41) is 9.33. The molecule has 158 valence electrons. The molecule has 3 rings (SSSR count). The van der Waals surface area contributed by atoms with Crippen LogP contribution in [0.3, 0.4) is 0 Å². The van der Waals surface area contributed by atoms with Crippen LogP contribution in [0.5, 0.6) is 11.5 Å². The maximum absolute atomic E-state index is 13.2. The summed E-state index contributed by atoms with van der Waals surface area (Å²) in [5.74, 6) is 0.731. The first-order valence-corrected chi connectivity index (χ1v) is 9.70. The number of amides is 2. The summed E-state index contributed by atoms with van der Waals surface area (Å²) in [7, 11) is 4.88. The number of methoxy groups -OCH3 is 2. The lowest BCUT2D eigenvalue weighted by Crippen LogP contribution is -2.36. The Labute approximate surface area is 176 Å². The molecule has 7 heteroatoms. The van der Waals surface area contributed by atoms with Gasteiger partial charge in [0.15, 0.2) is 0 Å². The number of ether oxygens (including phenoxy) is 2. The van der Waals surface area contributed by atoms with Crippen molar-refractivity contribution >= 4 is 17.4 Å². The Morgan fingerprint density at radius 3 is 2.00 bits per heavy atom. The number of hydrogen-bond donors (Lipinski definition) is 1. The molecule has 7 nitrogen and oxygen atoms in total. The molecule has 0 aromatic heterocycles. The second-order valence-corrected chi connectivity index (χ2v) is 6.96. The third-order valence-corrected chi connectivity index (χ3v) is 5.12. The normalized spacial score (nSPS) is 13.8. The van der Waals surface area contributed by atoms with Crippen LogP contribution in [-0.2, 0) is 16.0 Å². The van der Waals surface area contributed by atoms with Crippen LogP contribution in [-0.4, -0.2) is 67.7 Å². The molecular formula is C23H26N2O5. The van der Waals surface area contributed by atoms with Gasteiger partial charge in [-0.15, -0.1) is 0 Å². The molecule has 0 saturated carbocycles. The van der Waals surface area contributed by atoms with Crippen LogP contribution >= 0.6 is 0 Å². The SMILES string of the molecule is COc1ccc(CCN2C(=O)C(c3ccc(OC)cc3)=C(N(C)CCO)C2=O)cc1. The Morgan fingerprint density at radius 1 is 0.900 bits per heavy atom. The minimum absolute atomic E-state index is 0.122. The van der Waals surface area contributed by atoms with E-state index < -0.39 is 0 Å². The van der Waals surface area contributed by atoms with E-state index in [4.69, 9.17) is 9.47 Å². The van der Waals surface area contributed by atoms with E-state index in [1.165, 1.54) is 4.90 Å². The highest BCUT2D eigenvalue weighted by atomic mass is 16.5. The lowest BCUT2D eigenvalue weighted by molar-refractivity contribution is -0.137. The molecule has 2 aromatic carbocycles. The highest BCUT2D eigenvalue weighted by Gasteiger charge is 2.40. The predicted octanol–water partition coefficient (Wildman–Crippen LogP) is 1.95. The van der Waals surface area contributed by atoms with E-state index in [-0.39, 0.29) is 31.5 Å². The second-order valence-electron chi connectivity index (χ2n) is 6.96. The second kappa shape index (κ2) is 9.45. The standard InChI is InChI=1S/C23H26N2O5/c1-24(14-15-26)21-20(17-6-10-19(30-3)11-7-17)22(27)25(23(21)28)13-12-16-4-8-18(29-2)9-5-16/h4-11,26H,12-15H2,1-3H3. The first-order valence-electron chi connectivity index (χ1n) is 9.70. The molecule has 1 heterocycles. The van der Waals surface area contributed by atoms with Gasteiger partial charge in [0.25, 0.3) is 11.8 Å². The zero-order chi connectivity index (χ0) is 21.7. The molecule has 1 N–H and O–H groups in total. The average molecular weight is 410 g/mol. The van der Waals surface area contributed by atoms with E-state index in [0.29, 0.717) is 29.0 Å². The zero-order valence-corrected chi connectivity index (χ0v) is 17.4. The summed E-state index contributed by atoms with van der Waals surface area (Å²) < 4.78 is 10.4. The Balaban J connectivity index is 1.87. The highest BCUT2D eigenvalue weighted by molar-refractivity contribution is 6.35. The quantitative estimate of drug-likeness (QED) is 0.637. The fourth-order valence-corrected chi connectivity index (χ4v) is 3.43. The smallest absolute Gasteiger partial charge is 0.277 e. The van der Waals surface area contributed by atoms with Gasteiger partial charge >= 0.3 is 0 Å². The highest BCUT2D eigenvalue weighted by Crippen LogP contribution is 2.32. The van der Waals surface area contributed by atoms with Crippen molar-refractivity contribution in [1.29, 1.82) is 0 Å². The van der Waals surface area contributed by atoms with Crippen LogP contribution in [0.25, 0.3) is 5.57 Å². The number of hydrogen-bond acceptors (Lipinski definition) is 6. The van der Waals surface area contributed by atoms with Crippen LogP contribution in [0.2, 0.25) is 0 Å². The van der Waals surface area contributed by atoms with Crippen molar-refractivity contribution in [2.24, 2.45) is 0 Å². The van der Waals surface area contributed by atoms with Crippen molar-refractivity contribution in [2.75, 3.05) is 41.0 Å². The van der Waals surface area contributed by atoms with Crippen molar-refractivity contribution in [3.05, 3.63) is 65.4 Å². The van der Waals surface area contributed by atoms with Crippen molar-refractivity contribution < 1.29 is 24.2 Å². The number of aliphatic hydroxyl groups excluding tert-OH is 1. The maximum atomic E-state index is 13.2. The van der Waals surface area contributed by atoms with Crippen molar-refractivity contribution in [3.63, 3.8) is 0 Å². The summed E-state index contributed by atoms with van der Waals surface area (Å²) in [6.07, 6.45) is 0.536. The first-order chi connectivity index (χ1) is 14.5. The molecule has 1 aliphatic heterocycles. The van der Waals surface area contributed by atoms with E-state index in [0.717, 1.165) is 11.3 Å². The minimum Gasteiger partial charge on any atom is -0.497 e. The van der Waals surface area contributed by atoms with Gasteiger partial charge in [-0.3, -0.25) is 14.5 Å². The molecule has 0 fully saturated rings. The van der Waals surface area contributed by atoms with Crippen LogP contribution in [0, 0.1) is 0 Å². The zero-order valence-electron chi connectivity index (χ0n) is 17.4. The van der Waals surface area contributed by atoms with E-state index in [2.05, 4.69) is 0 Å². The molecule has 0 unspecified atom stereocenters. The first kappa shape index (κ1) is 21.4. The Morgan fingerprint density at radius 2 is 1.47 bits per heavy atom. The molecule has 0 atom stereocenters. The lowest BCUT2D eigenvalue weighted by Gasteiger charge is -2.20. The molecule has 0 bridgehead atoms. The van der Waals surface area contributed by atoms with E-state index in [1.54, 1.807) is 50.4 Å². The summed E-state index contributed by atoms with van der Waals surface area (Å²) >= 11 is 0. The Bertz CT molecular complexity index is 935. The van der Waals surface area contributed by atoms with Crippen LogP contribution < -0.4 is 9.47 Å². The summed E-state index contributed by atoms with van der Waals surface area (Å²) in [6.45, 7) is 0.393. The van der Waals surface area contributed by atoms with Gasteiger partial charge in [-0.05, 0) is 41.8 Å². The van der Waals surface area contributed by atoms with Gasteiger partial charge < -0.3 is 19.5 Å². The van der Waals surface area contributed by atoms with Crippen LogP contribution in [0.4, 0.5) is 0 Å². The molecule has 0 radical (unpaired) electrons. The molecule has 2 aromatic rings. The van der Waals surface area contributed by atoms with Crippen molar-refractivity contribution in [1.82, 2.24) is 9.80 Å². The largest absolute Gasteiger partial charge is 0.497 e. The fraction of sp³-hybridized carbons (Fsp3) is 0.304. The minimum atomic E-state index is -0.352. The fourth-order valence-electron chi connectivity index (χ4n) is 3.43. The summed E-state index contributed by atoms with van der Waals surface area (Å²) in [4.78, 5) is 29.3. The number of carbonyl (C=O) groups is 2. The molecule has 30 heavy (non-hydrogen) atoms. The van der Waals surface area contributed by atoms with Crippen molar-refractivity contribution in [2.45, 2.75) is 6.42 Å². The van der Waals surface area contributed by atoms with E-state index in [1.807, 2.05) is 24.3 Å². The molecule has 1 aliphatic rings. The molecular weight excluding hydrogens is 384 g/mol. The number of imide groups is 1. The monoisotopic (exact) mass is 410 g/mol. The van der Waals surface area contributed by atoms with Gasteiger partial charge in [0.1, 0.15) is 17.2 Å². The Kier molecular flexibility index (Phi) is 6.74. The van der Waals surface area contributed by atoms with Gasteiger partial charge in [0.2, 0.25) is 0 Å². The maximum Gasteiger partial charge on any atom is 0.277 e. The van der Waals surface area contributed by atoms with Gasteiger partial charge in [-0.25, -0.2) is 0 Å². The predicted molar refractivity (Wildman–Crippen MR) is 113 cm³/mol. The van der Waals surface area contributed by atoms with E-state index >= 15 is 0 Å². The molecule has 0 saturated heterocycles. The number of carbonyl (C=O) groups excluding carboxylic acids is 2. The third-order valence-electron chi connectivity index (χ3n) is 5.12. The third kappa shape index (κ3) is 4.31. The number of aliphatic hydroxyl groups is 1. The number of nitrogens with zero attached hydrogens (tertiary/aromatic N) is 2. The average Bonchev–Trinajstić information content (AvgIpc) is 3.02. The topological polar surface area (TPSA) is 79.3 Å². The van der Waals surface area contributed by atoms with Gasteiger partial charge in [0.05, 0.1) is 26.4 Å². The van der Waals surface area contributed by atoms with Gasteiger partial charge in [0, 0.05) is 20.1 Å². The summed E-state index contributed by atoms with van der Waals surface area (Å²) in [5.41, 5.74) is 2.28. The number of rotatable bonds is 9. The van der Waals surface area contributed by atoms with Crippen LogP contribution in [0.15, 0.2) is 54.2 Å². The van der Waals surface area contributed by atoms with Gasteiger partial charge in [-0.1, -0.05) is 24.3 Å². The molecule has 0 aliphatic carbocycles. The molecule has 2 amide bonds. The van der Waals surface area contributed by atoms with Gasteiger partial charge in [-0.2, -0.15) is 0 Å². The van der Waals surface area contributed by atoms with Crippen molar-refractivity contribution in [3.8, 4) is 11.5 Å². The van der Waals surface area contributed by atoms with E-state index in [9.17, 15) is 14.7 Å². The molecule has 0 spiro atoms. The number of likely N-dealkylation sites (N-methyl/N-ethyl adjacent to an activating group) is 1. The number of benzene rings is 2. The lowest BCUT2D eigenvalue weighted by atomic mass is 10.0. The summed E-state index contributed by atoms with van der Waals surface area (Å²) in [6, 6.07) is 14.6.